The highest BCUT2D eigenvalue weighted by Crippen LogP contribution is 2.27. The largest absolute Gasteiger partial charge is 0.488 e. The van der Waals surface area contributed by atoms with Crippen LogP contribution >= 0.6 is 0 Å². The zero-order valence-electron chi connectivity index (χ0n) is 15.2. The van der Waals surface area contributed by atoms with E-state index in [9.17, 15) is 14.0 Å². The summed E-state index contributed by atoms with van der Waals surface area (Å²) in [5, 5.41) is 5.96. The van der Waals surface area contributed by atoms with Gasteiger partial charge in [0.15, 0.2) is 0 Å². The van der Waals surface area contributed by atoms with Gasteiger partial charge in [0.1, 0.15) is 23.9 Å². The molecule has 0 bridgehead atoms. The first-order chi connectivity index (χ1) is 13.4. The Hall–Kier alpha value is -3.84. The Morgan fingerprint density at radius 1 is 1.25 bits per heavy atom. The van der Waals surface area contributed by atoms with Crippen LogP contribution in [0.2, 0.25) is 0 Å². The minimum absolute atomic E-state index is 0.111. The number of azide groups is 1. The fourth-order valence-corrected chi connectivity index (χ4v) is 2.23. The summed E-state index contributed by atoms with van der Waals surface area (Å²) in [4.78, 5) is 25.7. The van der Waals surface area contributed by atoms with E-state index >= 15 is 0 Å². The van der Waals surface area contributed by atoms with Crippen molar-refractivity contribution in [2.75, 3.05) is 12.4 Å². The summed E-state index contributed by atoms with van der Waals surface area (Å²) >= 11 is 0. The van der Waals surface area contributed by atoms with Gasteiger partial charge >= 0.3 is 5.97 Å². The highest BCUT2D eigenvalue weighted by molar-refractivity contribution is 5.94. The van der Waals surface area contributed by atoms with Crippen LogP contribution < -0.4 is 10.1 Å². The molecule has 9 heteroatoms. The summed E-state index contributed by atoms with van der Waals surface area (Å²) in [5.41, 5.74) is 9.99. The summed E-state index contributed by atoms with van der Waals surface area (Å²) in [6.45, 7) is 1.48. The number of hydrogen-bond donors (Lipinski definition) is 1. The Balaban J connectivity index is 2.39. The minimum Gasteiger partial charge on any atom is -0.488 e. The lowest BCUT2D eigenvalue weighted by Gasteiger charge is -2.12. The van der Waals surface area contributed by atoms with Gasteiger partial charge in [0, 0.05) is 29.2 Å². The number of methoxy groups -OCH3 is 1. The molecule has 144 valence electrons. The molecular formula is C19H17FN4O4. The van der Waals surface area contributed by atoms with Crippen LogP contribution in [0.25, 0.3) is 16.5 Å². The van der Waals surface area contributed by atoms with E-state index in [0.717, 1.165) is 7.11 Å². The van der Waals surface area contributed by atoms with E-state index in [4.69, 9.17) is 10.3 Å². The van der Waals surface area contributed by atoms with Gasteiger partial charge in [-0.25, -0.2) is 9.18 Å². The van der Waals surface area contributed by atoms with Crippen LogP contribution in [0.5, 0.6) is 5.75 Å². The van der Waals surface area contributed by atoms with E-state index < -0.39 is 5.97 Å². The van der Waals surface area contributed by atoms with Crippen LogP contribution in [-0.4, -0.2) is 19.0 Å². The summed E-state index contributed by atoms with van der Waals surface area (Å²) in [5.74, 6) is -1.13. The number of esters is 1. The van der Waals surface area contributed by atoms with Gasteiger partial charge in [0.05, 0.1) is 7.11 Å². The van der Waals surface area contributed by atoms with E-state index in [1.807, 2.05) is 0 Å². The number of carbonyl (C=O) groups excluding carboxylic acids is 2. The Labute approximate surface area is 160 Å². The van der Waals surface area contributed by atoms with Gasteiger partial charge in [-0.15, -0.1) is 0 Å². The molecule has 1 amide bonds. The number of anilines is 1. The van der Waals surface area contributed by atoms with E-state index in [1.165, 1.54) is 25.1 Å². The van der Waals surface area contributed by atoms with E-state index in [1.54, 1.807) is 30.3 Å². The zero-order valence-corrected chi connectivity index (χ0v) is 15.2. The molecule has 0 aliphatic carbocycles. The van der Waals surface area contributed by atoms with Crippen molar-refractivity contribution in [3.05, 3.63) is 75.5 Å². The van der Waals surface area contributed by atoms with Crippen LogP contribution in [-0.2, 0) is 20.9 Å². The number of nitrogens with zero attached hydrogens (tertiary/aromatic N) is 3. The highest BCUT2D eigenvalue weighted by Gasteiger charge is 2.11. The van der Waals surface area contributed by atoms with Crippen molar-refractivity contribution in [2.45, 2.75) is 13.5 Å². The fraction of sp³-hybridized carbons (Fsp3) is 0.158. The highest BCUT2D eigenvalue weighted by atomic mass is 19.1. The molecule has 0 saturated heterocycles. The lowest BCUT2D eigenvalue weighted by Crippen LogP contribution is -2.07. The summed E-state index contributed by atoms with van der Waals surface area (Å²) < 4.78 is 23.4. The Morgan fingerprint density at radius 3 is 2.57 bits per heavy atom. The van der Waals surface area contributed by atoms with Gasteiger partial charge in [-0.1, -0.05) is 17.2 Å². The molecule has 0 fully saturated rings. The molecule has 0 aliphatic heterocycles. The number of ether oxygens (including phenoxy) is 2. The van der Waals surface area contributed by atoms with Gasteiger partial charge in [0.25, 0.3) is 0 Å². The van der Waals surface area contributed by atoms with Crippen LogP contribution in [0.15, 0.2) is 53.3 Å². The van der Waals surface area contributed by atoms with Gasteiger partial charge in [-0.3, -0.25) is 4.79 Å². The maximum atomic E-state index is 13.0. The molecule has 0 spiro atoms. The monoisotopic (exact) mass is 384 g/mol. The molecule has 0 unspecified atom stereocenters. The third-order valence-electron chi connectivity index (χ3n) is 3.48. The molecule has 0 saturated carbocycles. The topological polar surface area (TPSA) is 113 Å². The summed E-state index contributed by atoms with van der Waals surface area (Å²) in [7, 11) is 1.16. The van der Waals surface area contributed by atoms with Gasteiger partial charge in [0.2, 0.25) is 5.91 Å². The number of halogens is 1. The lowest BCUT2D eigenvalue weighted by atomic mass is 10.1. The second kappa shape index (κ2) is 9.75. The lowest BCUT2D eigenvalue weighted by molar-refractivity contribution is -0.136. The van der Waals surface area contributed by atoms with E-state index in [-0.39, 0.29) is 24.0 Å². The van der Waals surface area contributed by atoms with Gasteiger partial charge in [-0.2, -0.15) is 0 Å². The quantitative estimate of drug-likeness (QED) is 0.253. The number of carbonyl (C=O) groups is 2. The average molecular weight is 384 g/mol. The number of benzene rings is 2. The molecule has 8 nitrogen and oxygen atoms in total. The van der Waals surface area contributed by atoms with Crippen molar-refractivity contribution < 1.29 is 23.5 Å². The van der Waals surface area contributed by atoms with Crippen molar-refractivity contribution in [3.63, 3.8) is 0 Å². The molecule has 2 rings (SSSR count). The summed E-state index contributed by atoms with van der Waals surface area (Å²) in [6, 6.07) is 10.5. The van der Waals surface area contributed by atoms with Gasteiger partial charge < -0.3 is 14.8 Å². The molecule has 0 radical (unpaired) electrons. The molecule has 28 heavy (non-hydrogen) atoms. The second-order valence-corrected chi connectivity index (χ2v) is 5.56. The SMILES string of the molecule is COC(=O)/C(=C/c1ccc(NC(C)=O)cc1OCc1ccc(F)cc1)N=[N+]=[N-]. The molecule has 0 heterocycles. The van der Waals surface area contributed by atoms with Gasteiger partial charge in [-0.05, 0) is 41.4 Å². The van der Waals surface area contributed by atoms with Crippen LogP contribution in [0.4, 0.5) is 10.1 Å². The van der Waals surface area contributed by atoms with Crippen LogP contribution in [0, 0.1) is 5.82 Å². The standard InChI is InChI=1S/C19H17FN4O4/c1-12(25)22-16-8-5-14(9-17(23-24-21)19(26)27-2)18(10-16)28-11-13-3-6-15(20)7-4-13/h3-10H,11H2,1-2H3,(H,22,25)/b17-9-. The van der Waals surface area contributed by atoms with E-state index in [2.05, 4.69) is 20.1 Å². The molecule has 2 aromatic carbocycles. The summed E-state index contributed by atoms with van der Waals surface area (Å²) in [6.07, 6.45) is 1.31. The molecular weight excluding hydrogens is 367 g/mol. The molecule has 0 atom stereocenters. The number of amides is 1. The Morgan fingerprint density at radius 2 is 1.96 bits per heavy atom. The normalized spacial score (nSPS) is 10.6. The van der Waals surface area contributed by atoms with Crippen molar-refractivity contribution in [1.29, 1.82) is 0 Å². The zero-order chi connectivity index (χ0) is 20.5. The first-order valence-corrected chi connectivity index (χ1v) is 8.07. The van der Waals surface area contributed by atoms with Crippen molar-refractivity contribution in [2.24, 2.45) is 5.11 Å². The number of hydrogen-bond acceptors (Lipinski definition) is 5. The number of rotatable bonds is 7. The van der Waals surface area contributed by atoms with E-state index in [0.29, 0.717) is 22.6 Å². The van der Waals surface area contributed by atoms with Crippen molar-refractivity contribution in [3.8, 4) is 5.75 Å². The average Bonchev–Trinajstić information content (AvgIpc) is 2.67. The fourth-order valence-electron chi connectivity index (χ4n) is 2.23. The first-order valence-electron chi connectivity index (χ1n) is 8.07. The third kappa shape index (κ3) is 5.86. The second-order valence-electron chi connectivity index (χ2n) is 5.56. The maximum Gasteiger partial charge on any atom is 0.340 e. The molecule has 0 aliphatic rings. The van der Waals surface area contributed by atoms with Crippen LogP contribution in [0.1, 0.15) is 18.1 Å². The maximum absolute atomic E-state index is 13.0. The number of nitrogens with one attached hydrogen (secondary N) is 1. The Bertz CT molecular complexity index is 951. The Kier molecular flexibility index (Phi) is 7.13. The molecule has 0 aromatic heterocycles. The predicted octanol–water partition coefficient (Wildman–Crippen LogP) is 4.19. The third-order valence-corrected chi connectivity index (χ3v) is 3.48. The predicted molar refractivity (Wildman–Crippen MR) is 101 cm³/mol. The van der Waals surface area contributed by atoms with Crippen molar-refractivity contribution >= 4 is 23.6 Å². The molecule has 1 N–H and O–H groups in total. The minimum atomic E-state index is -0.812. The molecule has 2 aromatic rings. The van der Waals surface area contributed by atoms with Crippen LogP contribution in [0.3, 0.4) is 0 Å². The van der Waals surface area contributed by atoms with Crippen molar-refractivity contribution in [1.82, 2.24) is 0 Å². The first kappa shape index (κ1) is 20.5. The smallest absolute Gasteiger partial charge is 0.340 e.